The fraction of sp³-hybridized carbons (Fsp3) is 0.300. The Balaban J connectivity index is 2.81. The minimum Gasteiger partial charge on any atom is -0.258 e. The van der Waals surface area contributed by atoms with Gasteiger partial charge in [-0.05, 0) is 19.1 Å². The number of nitrogens with zero attached hydrogens (tertiary/aromatic N) is 2. The Kier molecular flexibility index (Phi) is 3.75. The number of nitro groups is 1. The Labute approximate surface area is 118 Å². The van der Waals surface area contributed by atoms with Crippen LogP contribution in [-0.4, -0.2) is 29.5 Å². The monoisotopic (exact) mass is 320 g/mol. The molecule has 0 amide bonds. The van der Waals surface area contributed by atoms with E-state index in [1.807, 2.05) is 0 Å². The Morgan fingerprint density at radius 1 is 1.53 bits per heavy atom. The van der Waals surface area contributed by atoms with E-state index < -0.39 is 25.7 Å². The van der Waals surface area contributed by atoms with E-state index in [-0.39, 0.29) is 16.3 Å². The van der Waals surface area contributed by atoms with Gasteiger partial charge in [0.25, 0.3) is 0 Å². The number of hydrogen-bond donors (Lipinski definition) is 0. The highest BCUT2D eigenvalue weighted by atomic mass is 35.5. The second-order valence-corrected chi connectivity index (χ2v) is 7.41. The first-order valence-electron chi connectivity index (χ1n) is 5.20. The van der Waals surface area contributed by atoms with Crippen LogP contribution in [0.25, 0.3) is 10.2 Å². The summed E-state index contributed by atoms with van der Waals surface area (Å²) in [6.45, 7) is 1.41. The minimum atomic E-state index is -3.84. The van der Waals surface area contributed by atoms with Gasteiger partial charge < -0.3 is 0 Å². The molecule has 6 nitrogen and oxygen atoms in total. The van der Waals surface area contributed by atoms with Crippen LogP contribution in [0.15, 0.2) is 22.5 Å². The second kappa shape index (κ2) is 5.03. The molecule has 2 aromatic rings. The highest BCUT2D eigenvalue weighted by molar-refractivity contribution is 7.92. The van der Waals surface area contributed by atoms with E-state index in [0.717, 1.165) is 0 Å². The fourth-order valence-corrected chi connectivity index (χ4v) is 4.08. The molecule has 9 heteroatoms. The van der Waals surface area contributed by atoms with Crippen LogP contribution >= 0.6 is 22.9 Å². The predicted molar refractivity (Wildman–Crippen MR) is 73.6 cm³/mol. The van der Waals surface area contributed by atoms with Gasteiger partial charge in [-0.15, -0.1) is 22.9 Å². The van der Waals surface area contributed by atoms with Crippen molar-refractivity contribution in [1.29, 1.82) is 0 Å². The maximum Gasteiger partial charge on any atom is 0.314 e. The average Bonchev–Trinajstić information content (AvgIpc) is 2.83. The molecule has 102 valence electrons. The molecule has 0 saturated carbocycles. The topological polar surface area (TPSA) is 90.2 Å². The van der Waals surface area contributed by atoms with Gasteiger partial charge in [-0.25, -0.2) is 13.4 Å². The van der Waals surface area contributed by atoms with Crippen LogP contribution in [0, 0.1) is 10.1 Å². The quantitative estimate of drug-likeness (QED) is 0.490. The third-order valence-corrected chi connectivity index (χ3v) is 6.28. The number of aromatic nitrogens is 1. The molecule has 1 unspecified atom stereocenters. The third kappa shape index (κ3) is 2.31. The summed E-state index contributed by atoms with van der Waals surface area (Å²) in [7, 11) is -3.84. The lowest BCUT2D eigenvalue weighted by molar-refractivity contribution is -0.386. The average molecular weight is 321 g/mol. The summed E-state index contributed by atoms with van der Waals surface area (Å²) in [5, 5.41) is 10.3. The summed E-state index contributed by atoms with van der Waals surface area (Å²) < 4.78 is 25.1. The van der Waals surface area contributed by atoms with Crippen molar-refractivity contribution >= 4 is 48.7 Å². The summed E-state index contributed by atoms with van der Waals surface area (Å²) >= 11 is 6.77. The fourth-order valence-electron chi connectivity index (χ4n) is 1.60. The molecule has 0 spiro atoms. The molecule has 0 radical (unpaired) electrons. The van der Waals surface area contributed by atoms with Crippen molar-refractivity contribution in [2.75, 3.05) is 5.88 Å². The van der Waals surface area contributed by atoms with E-state index in [2.05, 4.69) is 4.98 Å². The Morgan fingerprint density at radius 2 is 2.21 bits per heavy atom. The number of benzene rings is 1. The smallest absolute Gasteiger partial charge is 0.258 e. The second-order valence-electron chi connectivity index (χ2n) is 3.88. The summed E-state index contributed by atoms with van der Waals surface area (Å²) in [5.41, 5.74) is 1.06. The molecule has 1 atom stereocenters. The van der Waals surface area contributed by atoms with Crippen molar-refractivity contribution < 1.29 is 13.3 Å². The Bertz CT molecular complexity index is 741. The van der Waals surface area contributed by atoms with E-state index in [4.69, 9.17) is 11.6 Å². The van der Waals surface area contributed by atoms with Gasteiger partial charge in [0.05, 0.1) is 20.4 Å². The summed E-state index contributed by atoms with van der Waals surface area (Å²) in [6.07, 6.45) is 0. The van der Waals surface area contributed by atoms with Crippen LogP contribution in [0.4, 0.5) is 5.69 Å². The van der Waals surface area contributed by atoms with Crippen molar-refractivity contribution in [3.8, 4) is 0 Å². The molecule has 1 aromatic heterocycles. The molecule has 0 aliphatic heterocycles. The van der Waals surface area contributed by atoms with Gasteiger partial charge in [0.15, 0.2) is 15.4 Å². The van der Waals surface area contributed by atoms with E-state index in [9.17, 15) is 18.5 Å². The molecule has 1 heterocycles. The number of thiazole rings is 1. The van der Waals surface area contributed by atoms with Crippen LogP contribution < -0.4 is 0 Å². The molecule has 1 aromatic carbocycles. The Morgan fingerprint density at radius 3 is 2.79 bits per heavy atom. The first-order chi connectivity index (χ1) is 8.89. The zero-order valence-electron chi connectivity index (χ0n) is 9.74. The molecular weight excluding hydrogens is 312 g/mol. The van der Waals surface area contributed by atoms with Crippen LogP contribution in [-0.2, 0) is 9.84 Å². The first kappa shape index (κ1) is 14.2. The SMILES string of the molecule is CC(CCl)S(=O)(=O)c1ccc2scnc2c1[N+](=O)[O-]. The van der Waals surface area contributed by atoms with Gasteiger partial charge in [-0.2, -0.15) is 0 Å². The largest absolute Gasteiger partial charge is 0.314 e. The van der Waals surface area contributed by atoms with E-state index >= 15 is 0 Å². The normalized spacial score (nSPS) is 13.6. The molecule has 0 aliphatic carbocycles. The molecule has 19 heavy (non-hydrogen) atoms. The third-order valence-electron chi connectivity index (χ3n) is 2.67. The molecule has 0 N–H and O–H groups in total. The lowest BCUT2D eigenvalue weighted by Gasteiger charge is -2.10. The lowest BCUT2D eigenvalue weighted by atomic mass is 10.3. The van der Waals surface area contributed by atoms with Gasteiger partial charge in [0.2, 0.25) is 0 Å². The maximum absolute atomic E-state index is 12.2. The van der Waals surface area contributed by atoms with Gasteiger partial charge in [0, 0.05) is 5.88 Å². The van der Waals surface area contributed by atoms with Gasteiger partial charge in [-0.1, -0.05) is 0 Å². The minimum absolute atomic E-state index is 0.0952. The van der Waals surface area contributed by atoms with Gasteiger partial charge >= 0.3 is 5.69 Å². The molecule has 0 bridgehead atoms. The van der Waals surface area contributed by atoms with Crippen molar-refractivity contribution in [2.24, 2.45) is 0 Å². The zero-order valence-corrected chi connectivity index (χ0v) is 12.1. The van der Waals surface area contributed by atoms with Gasteiger partial charge in [-0.3, -0.25) is 10.1 Å². The number of alkyl halides is 1. The van der Waals surface area contributed by atoms with Crippen LogP contribution in [0.2, 0.25) is 0 Å². The zero-order chi connectivity index (χ0) is 14.2. The van der Waals surface area contributed by atoms with E-state index in [1.54, 1.807) is 0 Å². The van der Waals surface area contributed by atoms with E-state index in [0.29, 0.717) is 4.70 Å². The number of halogens is 1. The van der Waals surface area contributed by atoms with Crippen LogP contribution in [0.3, 0.4) is 0 Å². The van der Waals surface area contributed by atoms with Crippen molar-refractivity contribution in [1.82, 2.24) is 4.98 Å². The molecule has 0 saturated heterocycles. The summed E-state index contributed by atoms with van der Waals surface area (Å²) in [6, 6.07) is 2.77. The van der Waals surface area contributed by atoms with Crippen molar-refractivity contribution in [2.45, 2.75) is 17.1 Å². The van der Waals surface area contributed by atoms with Crippen molar-refractivity contribution in [3.05, 3.63) is 27.8 Å². The molecule has 0 aliphatic rings. The number of nitro benzene ring substituents is 1. The standard InChI is InChI=1S/C10H9ClN2O4S2/c1-6(4-11)19(16,17)8-3-2-7-9(12-5-18-7)10(8)13(14)15/h2-3,5-6H,4H2,1H3. The summed E-state index contributed by atoms with van der Waals surface area (Å²) in [4.78, 5) is 14.0. The first-order valence-corrected chi connectivity index (χ1v) is 8.16. The number of rotatable bonds is 4. The van der Waals surface area contributed by atoms with Gasteiger partial charge in [0.1, 0.15) is 4.90 Å². The highest BCUT2D eigenvalue weighted by Crippen LogP contribution is 2.35. The molecule has 2 rings (SSSR count). The lowest BCUT2D eigenvalue weighted by Crippen LogP contribution is -2.20. The number of hydrogen-bond acceptors (Lipinski definition) is 6. The Hall–Kier alpha value is -1.25. The molecule has 0 fully saturated rings. The van der Waals surface area contributed by atoms with Crippen LogP contribution in [0.5, 0.6) is 0 Å². The van der Waals surface area contributed by atoms with E-state index in [1.165, 1.54) is 35.9 Å². The number of fused-ring (bicyclic) bond motifs is 1. The molecular formula is C10H9ClN2O4S2. The van der Waals surface area contributed by atoms with Crippen LogP contribution in [0.1, 0.15) is 6.92 Å². The number of sulfone groups is 1. The van der Waals surface area contributed by atoms with Crippen molar-refractivity contribution in [3.63, 3.8) is 0 Å². The predicted octanol–water partition coefficient (Wildman–Crippen LogP) is 2.61. The maximum atomic E-state index is 12.2. The highest BCUT2D eigenvalue weighted by Gasteiger charge is 2.33. The summed E-state index contributed by atoms with van der Waals surface area (Å²) in [5.74, 6) is -0.130.